The number of ether oxygens (including phenoxy) is 2. The van der Waals surface area contributed by atoms with Gasteiger partial charge in [-0.3, -0.25) is 0 Å². The summed E-state index contributed by atoms with van der Waals surface area (Å²) in [5.74, 6) is 0.944. The second kappa shape index (κ2) is 5.81. The lowest BCUT2D eigenvalue weighted by atomic mass is 10.2. The van der Waals surface area contributed by atoms with Crippen molar-refractivity contribution in [3.63, 3.8) is 0 Å². The Kier molecular flexibility index (Phi) is 3.67. The van der Waals surface area contributed by atoms with Gasteiger partial charge in [0.15, 0.2) is 17.7 Å². The lowest BCUT2D eigenvalue weighted by Gasteiger charge is -2.31. The summed E-state index contributed by atoms with van der Waals surface area (Å²) < 4.78 is 13.5. The van der Waals surface area contributed by atoms with Crippen LogP contribution in [0.15, 0.2) is 12.5 Å². The van der Waals surface area contributed by atoms with Gasteiger partial charge in [-0.1, -0.05) is 0 Å². The minimum atomic E-state index is -0.0154. The van der Waals surface area contributed by atoms with Crippen LogP contribution in [-0.4, -0.2) is 52.2 Å². The number of anilines is 1. The molecule has 0 saturated carbocycles. The zero-order chi connectivity index (χ0) is 14.9. The normalized spacial score (nSPS) is 26.5. The summed E-state index contributed by atoms with van der Waals surface area (Å²) >= 11 is 0. The monoisotopic (exact) mass is 303 g/mol. The van der Waals surface area contributed by atoms with E-state index in [0.29, 0.717) is 0 Å². The van der Waals surface area contributed by atoms with E-state index in [1.54, 1.807) is 6.33 Å². The second-order valence-corrected chi connectivity index (χ2v) is 5.98. The lowest BCUT2D eigenvalue weighted by Crippen LogP contribution is -2.41. The number of aromatic nitrogens is 4. The van der Waals surface area contributed by atoms with Gasteiger partial charge in [-0.2, -0.15) is 0 Å². The molecule has 7 nitrogen and oxygen atoms in total. The molecule has 0 aliphatic carbocycles. The van der Waals surface area contributed by atoms with Gasteiger partial charge in [-0.05, 0) is 26.2 Å². The molecule has 0 radical (unpaired) electrons. The van der Waals surface area contributed by atoms with Crippen molar-refractivity contribution in [3.05, 3.63) is 12.5 Å². The third-order valence-corrected chi connectivity index (χ3v) is 4.32. The smallest absolute Gasteiger partial charge is 0.166 e. The number of fused-ring (bicyclic) bond motifs is 1. The standard InChI is InChI=1S/C15H21N5O2/c1-11-9-19(5-7-21-11)15-12-8-16-10-17-14(12)20(18-15)13-4-2-3-6-22-13/h8,10-11,13H,2-7,9H2,1H3. The summed E-state index contributed by atoms with van der Waals surface area (Å²) in [5, 5.41) is 5.82. The van der Waals surface area contributed by atoms with Crippen molar-refractivity contribution < 1.29 is 9.47 Å². The predicted molar refractivity (Wildman–Crippen MR) is 81.8 cm³/mol. The van der Waals surface area contributed by atoms with E-state index in [9.17, 15) is 0 Å². The third-order valence-electron chi connectivity index (χ3n) is 4.32. The molecule has 0 aromatic carbocycles. The van der Waals surface area contributed by atoms with Gasteiger partial charge in [-0.15, -0.1) is 5.10 Å². The van der Waals surface area contributed by atoms with Crippen LogP contribution in [0.4, 0.5) is 5.82 Å². The molecule has 0 amide bonds. The fourth-order valence-electron chi connectivity index (χ4n) is 3.23. The molecule has 0 bridgehead atoms. The average molecular weight is 303 g/mol. The van der Waals surface area contributed by atoms with Crippen LogP contribution in [0.25, 0.3) is 11.0 Å². The number of hydrogen-bond acceptors (Lipinski definition) is 6. The Morgan fingerprint density at radius 2 is 2.18 bits per heavy atom. The molecule has 7 heteroatoms. The van der Waals surface area contributed by atoms with E-state index in [1.807, 2.05) is 10.9 Å². The van der Waals surface area contributed by atoms with E-state index in [-0.39, 0.29) is 12.3 Å². The van der Waals surface area contributed by atoms with Crippen molar-refractivity contribution in [1.29, 1.82) is 0 Å². The number of nitrogens with zero attached hydrogens (tertiary/aromatic N) is 5. The Balaban J connectivity index is 1.75. The zero-order valence-corrected chi connectivity index (χ0v) is 12.8. The highest BCUT2D eigenvalue weighted by Crippen LogP contribution is 2.31. The van der Waals surface area contributed by atoms with Gasteiger partial charge in [0.1, 0.15) is 6.33 Å². The molecule has 2 unspecified atom stereocenters. The molecule has 4 rings (SSSR count). The summed E-state index contributed by atoms with van der Waals surface area (Å²) in [6.45, 7) is 5.29. The zero-order valence-electron chi connectivity index (χ0n) is 12.8. The molecule has 2 aromatic heterocycles. The van der Waals surface area contributed by atoms with Gasteiger partial charge in [0.25, 0.3) is 0 Å². The third kappa shape index (κ3) is 2.44. The first-order valence-electron chi connectivity index (χ1n) is 7.99. The SMILES string of the molecule is CC1CN(c2nn(C3CCCCO3)c3ncncc23)CCO1. The van der Waals surface area contributed by atoms with Gasteiger partial charge in [-0.25, -0.2) is 14.6 Å². The molecule has 2 saturated heterocycles. The first-order valence-corrected chi connectivity index (χ1v) is 7.99. The molecule has 118 valence electrons. The maximum Gasteiger partial charge on any atom is 0.166 e. The number of morpholine rings is 1. The van der Waals surface area contributed by atoms with Gasteiger partial charge in [0.05, 0.1) is 18.1 Å². The maximum absolute atomic E-state index is 5.89. The Morgan fingerprint density at radius 3 is 3.00 bits per heavy atom. The molecular weight excluding hydrogens is 282 g/mol. The molecule has 4 heterocycles. The lowest BCUT2D eigenvalue weighted by molar-refractivity contribution is -0.0369. The molecular formula is C15H21N5O2. The van der Waals surface area contributed by atoms with Gasteiger partial charge in [0.2, 0.25) is 0 Å². The van der Waals surface area contributed by atoms with Crippen molar-refractivity contribution in [2.75, 3.05) is 31.2 Å². The van der Waals surface area contributed by atoms with Crippen molar-refractivity contribution in [1.82, 2.24) is 19.7 Å². The summed E-state index contributed by atoms with van der Waals surface area (Å²) in [7, 11) is 0. The van der Waals surface area contributed by atoms with Crippen LogP contribution in [0, 0.1) is 0 Å². The molecule has 2 aliphatic rings. The van der Waals surface area contributed by atoms with E-state index in [0.717, 1.165) is 56.0 Å². The Labute approximate surface area is 129 Å². The quantitative estimate of drug-likeness (QED) is 0.842. The van der Waals surface area contributed by atoms with Crippen molar-refractivity contribution in [2.24, 2.45) is 0 Å². The minimum Gasteiger partial charge on any atom is -0.375 e. The first kappa shape index (κ1) is 13.9. The second-order valence-electron chi connectivity index (χ2n) is 5.98. The van der Waals surface area contributed by atoms with Crippen molar-refractivity contribution in [3.8, 4) is 0 Å². The molecule has 22 heavy (non-hydrogen) atoms. The van der Waals surface area contributed by atoms with E-state index in [2.05, 4.69) is 21.8 Å². The summed E-state index contributed by atoms with van der Waals surface area (Å²) in [5.41, 5.74) is 0.857. The Morgan fingerprint density at radius 1 is 1.23 bits per heavy atom. The van der Waals surface area contributed by atoms with Crippen LogP contribution < -0.4 is 4.90 Å². The Hall–Kier alpha value is -1.73. The highest BCUT2D eigenvalue weighted by Gasteiger charge is 2.26. The first-order chi connectivity index (χ1) is 10.8. The molecule has 2 aliphatic heterocycles. The van der Waals surface area contributed by atoms with E-state index < -0.39 is 0 Å². The molecule has 2 fully saturated rings. The van der Waals surface area contributed by atoms with Crippen LogP contribution >= 0.6 is 0 Å². The average Bonchev–Trinajstić information content (AvgIpc) is 2.95. The molecule has 2 atom stereocenters. The Bertz CT molecular complexity index is 652. The van der Waals surface area contributed by atoms with Gasteiger partial charge < -0.3 is 14.4 Å². The van der Waals surface area contributed by atoms with Crippen LogP contribution in [0.1, 0.15) is 32.4 Å². The van der Waals surface area contributed by atoms with Crippen LogP contribution in [-0.2, 0) is 9.47 Å². The maximum atomic E-state index is 5.89. The molecule has 0 spiro atoms. The van der Waals surface area contributed by atoms with E-state index in [1.165, 1.54) is 6.42 Å². The highest BCUT2D eigenvalue weighted by molar-refractivity contribution is 5.87. The molecule has 0 N–H and O–H groups in total. The highest BCUT2D eigenvalue weighted by atomic mass is 16.5. The van der Waals surface area contributed by atoms with Gasteiger partial charge >= 0.3 is 0 Å². The summed E-state index contributed by atoms with van der Waals surface area (Å²) in [6, 6.07) is 0. The van der Waals surface area contributed by atoms with Crippen molar-refractivity contribution in [2.45, 2.75) is 38.5 Å². The molecule has 2 aromatic rings. The number of rotatable bonds is 2. The summed E-state index contributed by atoms with van der Waals surface area (Å²) in [4.78, 5) is 10.9. The topological polar surface area (TPSA) is 65.3 Å². The largest absolute Gasteiger partial charge is 0.375 e. The summed E-state index contributed by atoms with van der Waals surface area (Å²) in [6.07, 6.45) is 6.90. The fraction of sp³-hybridized carbons (Fsp3) is 0.667. The minimum absolute atomic E-state index is 0.0154. The van der Waals surface area contributed by atoms with Crippen LogP contribution in [0.3, 0.4) is 0 Å². The van der Waals surface area contributed by atoms with Crippen LogP contribution in [0.5, 0.6) is 0 Å². The number of hydrogen-bond donors (Lipinski definition) is 0. The fourth-order valence-corrected chi connectivity index (χ4v) is 3.23. The van der Waals surface area contributed by atoms with Crippen LogP contribution in [0.2, 0.25) is 0 Å². The predicted octanol–water partition coefficient (Wildman–Crippen LogP) is 1.75. The van der Waals surface area contributed by atoms with E-state index >= 15 is 0 Å². The van der Waals surface area contributed by atoms with E-state index in [4.69, 9.17) is 14.6 Å². The van der Waals surface area contributed by atoms with Gasteiger partial charge in [0, 0.05) is 25.9 Å². The van der Waals surface area contributed by atoms with Crippen molar-refractivity contribution >= 4 is 16.9 Å².